The van der Waals surface area contributed by atoms with Gasteiger partial charge in [0.25, 0.3) is 0 Å². The first-order valence-electron chi connectivity index (χ1n) is 6.21. The maximum atomic E-state index is 10.2. The summed E-state index contributed by atoms with van der Waals surface area (Å²) in [6.45, 7) is 3.97. The fourth-order valence-electron chi connectivity index (χ4n) is 2.86. The van der Waals surface area contributed by atoms with E-state index >= 15 is 0 Å². The zero-order valence-corrected chi connectivity index (χ0v) is 11.1. The second-order valence-corrected chi connectivity index (χ2v) is 5.33. The van der Waals surface area contributed by atoms with E-state index in [0.29, 0.717) is 5.02 Å². The van der Waals surface area contributed by atoms with Gasteiger partial charge in [-0.15, -0.1) is 0 Å². The Morgan fingerprint density at radius 3 is 2.41 bits per heavy atom. The molecule has 3 heteroatoms. The van der Waals surface area contributed by atoms with Crippen LogP contribution in [-0.4, -0.2) is 16.8 Å². The minimum absolute atomic E-state index is 0.0313. The molecule has 1 aromatic rings. The van der Waals surface area contributed by atoms with Gasteiger partial charge < -0.3 is 10.2 Å². The molecule has 2 N–H and O–H groups in total. The van der Waals surface area contributed by atoms with Gasteiger partial charge in [-0.1, -0.05) is 18.5 Å². The van der Waals surface area contributed by atoms with E-state index in [9.17, 15) is 10.2 Å². The Hall–Kier alpha value is -0.730. The molecular weight excluding hydrogens is 236 g/mol. The molecule has 0 aromatic heterocycles. The molecule has 2 nitrogen and oxygen atoms in total. The summed E-state index contributed by atoms with van der Waals surface area (Å²) in [7, 11) is 0. The van der Waals surface area contributed by atoms with E-state index in [1.165, 1.54) is 12.0 Å². The summed E-state index contributed by atoms with van der Waals surface area (Å²) < 4.78 is 0. The highest BCUT2D eigenvalue weighted by atomic mass is 35.5. The minimum atomic E-state index is -0.0697. The van der Waals surface area contributed by atoms with Gasteiger partial charge in [-0.25, -0.2) is 0 Å². The van der Waals surface area contributed by atoms with Gasteiger partial charge in [0.2, 0.25) is 0 Å². The lowest BCUT2D eigenvalue weighted by molar-refractivity contribution is 0.270. The predicted molar refractivity (Wildman–Crippen MR) is 70.0 cm³/mol. The Labute approximate surface area is 107 Å². The minimum Gasteiger partial charge on any atom is -0.506 e. The van der Waals surface area contributed by atoms with Crippen LogP contribution in [0.2, 0.25) is 5.02 Å². The first-order valence-corrected chi connectivity index (χ1v) is 6.59. The summed E-state index contributed by atoms with van der Waals surface area (Å²) >= 11 is 6.26. The first-order chi connectivity index (χ1) is 8.07. The van der Waals surface area contributed by atoms with Crippen molar-refractivity contribution < 1.29 is 10.2 Å². The number of aliphatic hydroxyl groups is 1. The molecule has 0 aliphatic heterocycles. The topological polar surface area (TPSA) is 40.5 Å². The van der Waals surface area contributed by atoms with Gasteiger partial charge in [0.05, 0.1) is 5.02 Å². The van der Waals surface area contributed by atoms with Crippen molar-refractivity contribution in [3.05, 3.63) is 27.3 Å². The van der Waals surface area contributed by atoms with Crippen LogP contribution in [0.15, 0.2) is 0 Å². The van der Waals surface area contributed by atoms with Gasteiger partial charge in [0, 0.05) is 18.1 Å². The maximum absolute atomic E-state index is 10.2. The number of fused-ring (bicyclic) bond motifs is 1. The van der Waals surface area contributed by atoms with Crippen molar-refractivity contribution in [1.29, 1.82) is 0 Å². The highest BCUT2D eigenvalue weighted by Crippen LogP contribution is 2.42. The normalized spacial score (nSPS) is 16.7. The molecule has 17 heavy (non-hydrogen) atoms. The van der Waals surface area contributed by atoms with E-state index in [1.807, 2.05) is 13.8 Å². The van der Waals surface area contributed by atoms with E-state index in [4.69, 9.17) is 11.6 Å². The third-order valence-corrected chi connectivity index (χ3v) is 4.23. The van der Waals surface area contributed by atoms with Gasteiger partial charge in [0.15, 0.2) is 0 Å². The molecule has 0 fully saturated rings. The number of aliphatic hydroxyl groups excluding tert-OH is 1. The molecule has 0 amide bonds. The fourth-order valence-corrected chi connectivity index (χ4v) is 3.17. The van der Waals surface area contributed by atoms with Crippen LogP contribution < -0.4 is 0 Å². The van der Waals surface area contributed by atoms with Crippen LogP contribution in [0.1, 0.15) is 47.9 Å². The summed E-state index contributed by atoms with van der Waals surface area (Å²) in [6, 6.07) is 0. The number of phenolic OH excluding ortho intramolecular Hbond substituents is 1. The molecule has 0 radical (unpaired) electrons. The van der Waals surface area contributed by atoms with Crippen molar-refractivity contribution in [2.45, 2.75) is 45.4 Å². The number of halogens is 1. The number of hydrogen-bond donors (Lipinski definition) is 2. The Morgan fingerprint density at radius 1 is 1.24 bits per heavy atom. The van der Waals surface area contributed by atoms with Gasteiger partial charge in [-0.05, 0) is 49.3 Å². The molecule has 94 valence electrons. The van der Waals surface area contributed by atoms with Crippen molar-refractivity contribution >= 4 is 11.6 Å². The van der Waals surface area contributed by atoms with Crippen LogP contribution in [0.3, 0.4) is 0 Å². The van der Waals surface area contributed by atoms with Gasteiger partial charge >= 0.3 is 0 Å². The second-order valence-electron chi connectivity index (χ2n) is 4.95. The van der Waals surface area contributed by atoms with E-state index in [-0.39, 0.29) is 18.3 Å². The van der Waals surface area contributed by atoms with Crippen LogP contribution in [0.25, 0.3) is 0 Å². The molecule has 1 aliphatic carbocycles. The Balaban J connectivity index is 2.65. The standard InChI is InChI=1S/C14H19ClO2/c1-8(7-16)12-9(2)10-5-3-4-6-11(10)13(15)14(12)17/h8,16-17H,3-7H2,1-2H3. The lowest BCUT2D eigenvalue weighted by atomic mass is 9.83. The monoisotopic (exact) mass is 254 g/mol. The van der Waals surface area contributed by atoms with Crippen molar-refractivity contribution in [3.63, 3.8) is 0 Å². The number of hydrogen-bond acceptors (Lipinski definition) is 2. The van der Waals surface area contributed by atoms with E-state index in [1.54, 1.807) is 0 Å². The van der Waals surface area contributed by atoms with Crippen LogP contribution in [-0.2, 0) is 12.8 Å². The third kappa shape index (κ3) is 2.04. The Bertz CT molecular complexity index is 441. The highest BCUT2D eigenvalue weighted by Gasteiger charge is 2.24. The van der Waals surface area contributed by atoms with Crippen molar-refractivity contribution in [1.82, 2.24) is 0 Å². The average molecular weight is 255 g/mol. The number of rotatable bonds is 2. The summed E-state index contributed by atoms with van der Waals surface area (Å²) in [5.41, 5.74) is 4.33. The molecule has 1 aliphatic rings. The average Bonchev–Trinajstić information content (AvgIpc) is 2.36. The largest absolute Gasteiger partial charge is 0.506 e. The van der Waals surface area contributed by atoms with Crippen LogP contribution in [0.4, 0.5) is 0 Å². The van der Waals surface area contributed by atoms with Crippen molar-refractivity contribution in [3.8, 4) is 5.75 Å². The third-order valence-electron chi connectivity index (χ3n) is 3.82. The van der Waals surface area contributed by atoms with Crippen LogP contribution >= 0.6 is 11.6 Å². The van der Waals surface area contributed by atoms with Crippen molar-refractivity contribution in [2.24, 2.45) is 0 Å². The molecule has 0 saturated carbocycles. The number of benzene rings is 1. The fraction of sp³-hybridized carbons (Fsp3) is 0.571. The summed E-state index contributed by atoms with van der Waals surface area (Å²) in [5.74, 6) is 0.103. The Morgan fingerprint density at radius 2 is 1.82 bits per heavy atom. The Kier molecular flexibility index (Phi) is 3.64. The number of phenols is 1. The summed E-state index contributed by atoms with van der Waals surface area (Å²) in [6.07, 6.45) is 4.31. The van der Waals surface area contributed by atoms with E-state index in [0.717, 1.165) is 36.0 Å². The molecule has 1 aromatic carbocycles. The van der Waals surface area contributed by atoms with E-state index < -0.39 is 0 Å². The first kappa shape index (κ1) is 12.7. The molecule has 0 spiro atoms. The highest BCUT2D eigenvalue weighted by molar-refractivity contribution is 6.33. The molecule has 2 rings (SSSR count). The maximum Gasteiger partial charge on any atom is 0.138 e. The van der Waals surface area contributed by atoms with Crippen molar-refractivity contribution in [2.75, 3.05) is 6.61 Å². The summed E-state index contributed by atoms with van der Waals surface area (Å²) in [5, 5.41) is 20.0. The van der Waals surface area contributed by atoms with Gasteiger partial charge in [0.1, 0.15) is 5.75 Å². The molecule has 0 heterocycles. The molecule has 0 saturated heterocycles. The van der Waals surface area contributed by atoms with Crippen LogP contribution in [0.5, 0.6) is 5.75 Å². The molecule has 1 unspecified atom stereocenters. The lowest BCUT2D eigenvalue weighted by Gasteiger charge is -2.25. The molecular formula is C14H19ClO2. The predicted octanol–water partition coefficient (Wildman–Crippen LogP) is 3.33. The number of aromatic hydroxyl groups is 1. The SMILES string of the molecule is Cc1c2c(c(Cl)c(O)c1C(C)CO)CCCC2. The summed E-state index contributed by atoms with van der Waals surface area (Å²) in [4.78, 5) is 0. The van der Waals surface area contributed by atoms with Crippen LogP contribution in [0, 0.1) is 6.92 Å². The van der Waals surface area contributed by atoms with Gasteiger partial charge in [-0.3, -0.25) is 0 Å². The zero-order chi connectivity index (χ0) is 12.6. The molecule has 0 bridgehead atoms. The molecule has 1 atom stereocenters. The smallest absolute Gasteiger partial charge is 0.138 e. The second kappa shape index (κ2) is 4.87. The van der Waals surface area contributed by atoms with Gasteiger partial charge in [-0.2, -0.15) is 0 Å². The van der Waals surface area contributed by atoms with E-state index in [2.05, 4.69) is 0 Å². The lowest BCUT2D eigenvalue weighted by Crippen LogP contribution is -2.11. The quantitative estimate of drug-likeness (QED) is 0.850. The zero-order valence-electron chi connectivity index (χ0n) is 10.4.